The van der Waals surface area contributed by atoms with E-state index in [-0.39, 0.29) is 17.0 Å². The quantitative estimate of drug-likeness (QED) is 0.618. The van der Waals surface area contributed by atoms with Gasteiger partial charge in [-0.25, -0.2) is 13.2 Å². The van der Waals surface area contributed by atoms with E-state index >= 15 is 0 Å². The minimum atomic E-state index is -1.67. The summed E-state index contributed by atoms with van der Waals surface area (Å²) in [4.78, 5) is 24.7. The Morgan fingerprint density at radius 2 is 1.48 bits per heavy atom. The first-order valence-electron chi connectivity index (χ1n) is 8.74. The number of hydrogen-bond acceptors (Lipinski definition) is 2. The molecule has 2 amide bonds. The largest absolute Gasteiger partial charge is 0.348 e. The fourth-order valence-electron chi connectivity index (χ4n) is 2.61. The number of aryl methyl sites for hydroxylation is 1. The van der Waals surface area contributed by atoms with Crippen LogP contribution in [0.4, 0.5) is 18.9 Å². The lowest BCUT2D eigenvalue weighted by atomic mass is 10.1. The second-order valence-corrected chi connectivity index (χ2v) is 6.43. The molecule has 148 valence electrons. The minimum absolute atomic E-state index is 0.0668. The van der Waals surface area contributed by atoms with Crippen molar-refractivity contribution in [2.75, 3.05) is 5.32 Å². The second-order valence-electron chi connectivity index (χ2n) is 6.43. The fourth-order valence-corrected chi connectivity index (χ4v) is 2.61. The van der Waals surface area contributed by atoms with E-state index < -0.39 is 29.0 Å². The molecule has 0 heterocycles. The Bertz CT molecular complexity index is 1070. The third-order valence-corrected chi connectivity index (χ3v) is 4.24. The van der Waals surface area contributed by atoms with Gasteiger partial charge in [-0.05, 0) is 42.8 Å². The molecule has 3 aromatic rings. The third kappa shape index (κ3) is 4.82. The van der Waals surface area contributed by atoms with E-state index in [0.717, 1.165) is 17.2 Å². The van der Waals surface area contributed by atoms with Crippen molar-refractivity contribution in [3.8, 4) is 0 Å². The Kier molecular flexibility index (Phi) is 5.97. The number of halogens is 3. The van der Waals surface area contributed by atoms with Crippen LogP contribution in [0, 0.1) is 24.4 Å². The molecule has 0 bridgehead atoms. The van der Waals surface area contributed by atoms with Crippen LogP contribution in [0.1, 0.15) is 31.8 Å². The van der Waals surface area contributed by atoms with E-state index in [2.05, 4.69) is 10.6 Å². The van der Waals surface area contributed by atoms with Gasteiger partial charge in [0.2, 0.25) is 0 Å². The molecule has 0 saturated carbocycles. The first-order valence-corrected chi connectivity index (χ1v) is 8.74. The van der Waals surface area contributed by atoms with Gasteiger partial charge in [0.25, 0.3) is 11.8 Å². The molecule has 29 heavy (non-hydrogen) atoms. The van der Waals surface area contributed by atoms with Gasteiger partial charge in [0.05, 0.1) is 5.69 Å². The van der Waals surface area contributed by atoms with Crippen LogP contribution < -0.4 is 10.6 Å². The van der Waals surface area contributed by atoms with Gasteiger partial charge in [-0.2, -0.15) is 0 Å². The smallest absolute Gasteiger partial charge is 0.255 e. The molecular weight excluding hydrogens is 381 g/mol. The highest BCUT2D eigenvalue weighted by Crippen LogP contribution is 2.20. The van der Waals surface area contributed by atoms with E-state index in [0.29, 0.717) is 12.6 Å². The molecule has 0 aromatic heterocycles. The summed E-state index contributed by atoms with van der Waals surface area (Å²) < 4.78 is 40.0. The van der Waals surface area contributed by atoms with E-state index in [4.69, 9.17) is 0 Å². The number of carbonyl (C=O) groups is 2. The summed E-state index contributed by atoms with van der Waals surface area (Å²) in [5.74, 6) is -5.67. The molecule has 7 heteroatoms. The van der Waals surface area contributed by atoms with E-state index in [1.807, 2.05) is 31.2 Å². The average Bonchev–Trinajstić information content (AvgIpc) is 2.73. The molecule has 4 nitrogen and oxygen atoms in total. The Morgan fingerprint density at radius 3 is 2.17 bits per heavy atom. The van der Waals surface area contributed by atoms with E-state index in [9.17, 15) is 22.8 Å². The van der Waals surface area contributed by atoms with Crippen molar-refractivity contribution in [2.24, 2.45) is 0 Å². The lowest BCUT2D eigenvalue weighted by Crippen LogP contribution is -2.23. The first kappa shape index (κ1) is 20.1. The zero-order valence-electron chi connectivity index (χ0n) is 15.4. The number of carbonyl (C=O) groups excluding carboxylic acids is 2. The lowest BCUT2D eigenvalue weighted by molar-refractivity contribution is 0.0951. The number of amides is 2. The summed E-state index contributed by atoms with van der Waals surface area (Å²) >= 11 is 0. The number of hydrogen-bond donors (Lipinski definition) is 2. The molecule has 0 atom stereocenters. The normalized spacial score (nSPS) is 10.5. The van der Waals surface area contributed by atoms with Crippen LogP contribution in [-0.4, -0.2) is 11.8 Å². The van der Waals surface area contributed by atoms with Gasteiger partial charge in [-0.1, -0.05) is 35.9 Å². The molecular formula is C22H17F3N2O2. The molecule has 0 spiro atoms. The zero-order valence-corrected chi connectivity index (χ0v) is 15.4. The number of anilines is 1. The molecule has 2 N–H and O–H groups in total. The molecule has 0 unspecified atom stereocenters. The monoisotopic (exact) mass is 398 g/mol. The predicted octanol–water partition coefficient (Wildman–Crippen LogP) is 4.59. The van der Waals surface area contributed by atoms with Gasteiger partial charge in [-0.15, -0.1) is 0 Å². The van der Waals surface area contributed by atoms with Crippen molar-refractivity contribution in [1.82, 2.24) is 5.32 Å². The number of nitrogens with one attached hydrogen (secondary N) is 2. The average molecular weight is 398 g/mol. The van der Waals surface area contributed by atoms with Crippen LogP contribution in [0.3, 0.4) is 0 Å². The van der Waals surface area contributed by atoms with Crippen molar-refractivity contribution < 1.29 is 22.8 Å². The van der Waals surface area contributed by atoms with Crippen LogP contribution in [0.2, 0.25) is 0 Å². The van der Waals surface area contributed by atoms with Crippen molar-refractivity contribution in [3.05, 3.63) is 100 Å². The Morgan fingerprint density at radius 1 is 0.828 bits per heavy atom. The fraction of sp³-hybridized carbons (Fsp3) is 0.0909. The summed E-state index contributed by atoms with van der Waals surface area (Å²) in [5.41, 5.74) is 1.83. The maximum absolute atomic E-state index is 13.7. The Hall–Kier alpha value is -3.61. The minimum Gasteiger partial charge on any atom is -0.348 e. The molecule has 0 aliphatic carbocycles. The molecule has 0 radical (unpaired) electrons. The van der Waals surface area contributed by atoms with Gasteiger partial charge in [0.1, 0.15) is 0 Å². The zero-order chi connectivity index (χ0) is 21.0. The van der Waals surface area contributed by atoms with Crippen LogP contribution >= 0.6 is 0 Å². The topological polar surface area (TPSA) is 58.2 Å². The highest BCUT2D eigenvalue weighted by Gasteiger charge is 2.17. The molecule has 3 rings (SSSR count). The summed E-state index contributed by atoms with van der Waals surface area (Å²) in [6.45, 7) is 2.28. The standard InChI is InChI=1S/C22H17F3N2O2/c1-13-5-7-14(8-6-13)12-26-21(28)15-3-2-4-16(11-15)22(29)27-18-10-9-17(23)19(24)20(18)25/h2-11H,12H2,1H3,(H,26,28)(H,27,29). The van der Waals surface area contributed by atoms with Crippen molar-refractivity contribution in [3.63, 3.8) is 0 Å². The van der Waals surface area contributed by atoms with E-state index in [1.54, 1.807) is 0 Å². The van der Waals surface area contributed by atoms with Gasteiger partial charge in [0, 0.05) is 17.7 Å². The SMILES string of the molecule is Cc1ccc(CNC(=O)c2cccc(C(=O)Nc3ccc(F)c(F)c3F)c2)cc1. The Labute approximate surface area is 165 Å². The van der Waals surface area contributed by atoms with Gasteiger partial charge < -0.3 is 10.6 Å². The van der Waals surface area contributed by atoms with Crippen LogP contribution in [0.25, 0.3) is 0 Å². The molecule has 0 aliphatic heterocycles. The van der Waals surface area contributed by atoms with Gasteiger partial charge in [0.15, 0.2) is 17.5 Å². The Balaban J connectivity index is 1.69. The van der Waals surface area contributed by atoms with Gasteiger partial charge in [-0.3, -0.25) is 9.59 Å². The van der Waals surface area contributed by atoms with Gasteiger partial charge >= 0.3 is 0 Å². The second kappa shape index (κ2) is 8.60. The summed E-state index contributed by atoms with van der Waals surface area (Å²) in [5, 5.41) is 4.92. The third-order valence-electron chi connectivity index (χ3n) is 4.24. The van der Waals surface area contributed by atoms with Crippen LogP contribution in [0.5, 0.6) is 0 Å². The highest BCUT2D eigenvalue weighted by atomic mass is 19.2. The molecule has 0 aliphatic rings. The maximum Gasteiger partial charge on any atom is 0.255 e. The molecule has 0 fully saturated rings. The lowest BCUT2D eigenvalue weighted by Gasteiger charge is -2.09. The number of benzene rings is 3. The van der Waals surface area contributed by atoms with Crippen LogP contribution in [-0.2, 0) is 6.54 Å². The van der Waals surface area contributed by atoms with Crippen LogP contribution in [0.15, 0.2) is 60.7 Å². The van der Waals surface area contributed by atoms with Crippen molar-refractivity contribution >= 4 is 17.5 Å². The first-order chi connectivity index (χ1) is 13.8. The molecule has 3 aromatic carbocycles. The summed E-state index contributed by atoms with van der Waals surface area (Å²) in [6, 6.07) is 15.1. The molecule has 0 saturated heterocycles. The number of rotatable bonds is 5. The highest BCUT2D eigenvalue weighted by molar-refractivity contribution is 6.06. The van der Waals surface area contributed by atoms with E-state index in [1.165, 1.54) is 24.3 Å². The maximum atomic E-state index is 13.7. The predicted molar refractivity (Wildman–Crippen MR) is 103 cm³/mol. The summed E-state index contributed by atoms with van der Waals surface area (Å²) in [6.07, 6.45) is 0. The van der Waals surface area contributed by atoms with Crippen molar-refractivity contribution in [2.45, 2.75) is 13.5 Å². The summed E-state index contributed by atoms with van der Waals surface area (Å²) in [7, 11) is 0. The van der Waals surface area contributed by atoms with Crippen molar-refractivity contribution in [1.29, 1.82) is 0 Å².